The van der Waals surface area contributed by atoms with Crippen LogP contribution in [0, 0.1) is 6.92 Å². The molecule has 128 valence electrons. The third kappa shape index (κ3) is 2.52. The zero-order chi connectivity index (χ0) is 17.7. The van der Waals surface area contributed by atoms with Gasteiger partial charge in [-0.05, 0) is 36.8 Å². The number of aromatic nitrogens is 3. The van der Waals surface area contributed by atoms with Gasteiger partial charge >= 0.3 is 0 Å². The largest absolute Gasteiger partial charge is 0.337 e. The number of para-hydroxylation sites is 2. The van der Waals surface area contributed by atoms with E-state index >= 15 is 0 Å². The van der Waals surface area contributed by atoms with E-state index in [9.17, 15) is 0 Å². The number of imidazole rings is 1. The van der Waals surface area contributed by atoms with E-state index in [1.807, 2.05) is 30.3 Å². The smallest absolute Gasteiger partial charge is 0.154 e. The van der Waals surface area contributed by atoms with Gasteiger partial charge in [0.05, 0.1) is 22.6 Å². The minimum absolute atomic E-state index is 0.0103. The summed E-state index contributed by atoms with van der Waals surface area (Å²) >= 11 is 6.47. The molecule has 1 aliphatic heterocycles. The van der Waals surface area contributed by atoms with E-state index < -0.39 is 0 Å². The second kappa shape index (κ2) is 5.81. The molecule has 1 atom stereocenters. The Hall–Kier alpha value is -2.92. The molecule has 0 saturated heterocycles. The van der Waals surface area contributed by atoms with Crippen LogP contribution < -0.4 is 5.43 Å². The topological polar surface area (TPSA) is 66.0 Å². The zero-order valence-electron chi connectivity index (χ0n) is 14.1. The molecule has 0 bridgehead atoms. The summed E-state index contributed by atoms with van der Waals surface area (Å²) in [6, 6.07) is 16.3. The minimum atomic E-state index is -0.0103. The maximum Gasteiger partial charge on any atom is 0.154 e. The van der Waals surface area contributed by atoms with Crippen molar-refractivity contribution in [2.45, 2.75) is 19.4 Å². The van der Waals surface area contributed by atoms with Crippen molar-refractivity contribution >= 4 is 39.2 Å². The minimum Gasteiger partial charge on any atom is -0.337 e. The van der Waals surface area contributed by atoms with Crippen LogP contribution in [0.5, 0.6) is 0 Å². The quantitative estimate of drug-likeness (QED) is 0.516. The Morgan fingerprint density at radius 2 is 1.92 bits per heavy atom. The number of fused-ring (bicyclic) bond motifs is 2. The van der Waals surface area contributed by atoms with Crippen LogP contribution in [-0.4, -0.2) is 20.7 Å². The lowest BCUT2D eigenvalue weighted by molar-refractivity contribution is 0.619. The monoisotopic (exact) mass is 361 g/mol. The standard InChI is InChI=1S/C20H16ClN5/c1-11-6-7-12-9-13(19(21)22-16(12)8-11)17-10-18(26-25-17)20-23-14-4-2-3-5-15(14)24-20/h2-9,17,25H,10H2,1H3,(H,23,24). The fraction of sp³-hybridized carbons (Fsp3) is 0.150. The Morgan fingerprint density at radius 1 is 1.04 bits per heavy atom. The molecule has 2 aromatic heterocycles. The number of aryl methyl sites for hydroxylation is 1. The van der Waals surface area contributed by atoms with Crippen LogP contribution in [0.25, 0.3) is 21.9 Å². The lowest BCUT2D eigenvalue weighted by atomic mass is 10.0. The first-order valence-electron chi connectivity index (χ1n) is 8.51. The number of nitrogens with zero attached hydrogens (tertiary/aromatic N) is 3. The molecule has 26 heavy (non-hydrogen) atoms. The van der Waals surface area contributed by atoms with E-state index in [1.165, 1.54) is 5.56 Å². The number of hydrogen-bond acceptors (Lipinski definition) is 4. The van der Waals surface area contributed by atoms with E-state index in [0.717, 1.165) is 39.0 Å². The fourth-order valence-corrected chi connectivity index (χ4v) is 3.65. The molecule has 0 saturated carbocycles. The number of hydrogen-bond donors (Lipinski definition) is 2. The average Bonchev–Trinajstić information content (AvgIpc) is 3.27. The van der Waals surface area contributed by atoms with Crippen molar-refractivity contribution in [1.82, 2.24) is 20.4 Å². The van der Waals surface area contributed by atoms with Crippen LogP contribution in [0.2, 0.25) is 5.15 Å². The second-order valence-electron chi connectivity index (χ2n) is 6.61. The summed E-state index contributed by atoms with van der Waals surface area (Å²) in [5.41, 5.74) is 9.07. The Morgan fingerprint density at radius 3 is 2.81 bits per heavy atom. The molecule has 4 aromatic rings. The molecule has 5 nitrogen and oxygen atoms in total. The first kappa shape index (κ1) is 15.3. The van der Waals surface area contributed by atoms with Gasteiger partial charge in [-0.2, -0.15) is 5.10 Å². The summed E-state index contributed by atoms with van der Waals surface area (Å²) in [6.45, 7) is 2.05. The normalized spacial score (nSPS) is 16.8. The fourth-order valence-electron chi connectivity index (χ4n) is 3.37. The number of nitrogens with one attached hydrogen (secondary N) is 2. The molecule has 0 amide bonds. The number of pyridine rings is 1. The number of rotatable bonds is 2. The van der Waals surface area contributed by atoms with Gasteiger partial charge in [0.15, 0.2) is 5.82 Å². The third-order valence-electron chi connectivity index (χ3n) is 4.74. The van der Waals surface area contributed by atoms with E-state index in [-0.39, 0.29) is 6.04 Å². The van der Waals surface area contributed by atoms with Gasteiger partial charge in [-0.15, -0.1) is 0 Å². The zero-order valence-corrected chi connectivity index (χ0v) is 14.9. The maximum absolute atomic E-state index is 6.47. The average molecular weight is 362 g/mol. The summed E-state index contributed by atoms with van der Waals surface area (Å²) < 4.78 is 0. The number of benzene rings is 2. The summed E-state index contributed by atoms with van der Waals surface area (Å²) in [4.78, 5) is 12.5. The number of aromatic amines is 1. The summed E-state index contributed by atoms with van der Waals surface area (Å²) in [5, 5.41) is 6.07. The molecular weight excluding hydrogens is 346 g/mol. The highest BCUT2D eigenvalue weighted by Crippen LogP contribution is 2.31. The van der Waals surface area contributed by atoms with E-state index in [0.29, 0.717) is 11.6 Å². The van der Waals surface area contributed by atoms with Crippen molar-refractivity contribution in [1.29, 1.82) is 0 Å². The molecule has 0 aliphatic carbocycles. The predicted molar refractivity (Wildman–Crippen MR) is 105 cm³/mol. The predicted octanol–water partition coefficient (Wildman–Crippen LogP) is 4.51. The highest BCUT2D eigenvalue weighted by Gasteiger charge is 2.25. The van der Waals surface area contributed by atoms with Crippen molar-refractivity contribution in [2.75, 3.05) is 0 Å². The Balaban J connectivity index is 1.47. The Kier molecular flexibility index (Phi) is 3.43. The highest BCUT2D eigenvalue weighted by atomic mass is 35.5. The molecule has 6 heteroatoms. The van der Waals surface area contributed by atoms with Gasteiger partial charge in [0.2, 0.25) is 0 Å². The van der Waals surface area contributed by atoms with Gasteiger partial charge in [0, 0.05) is 17.4 Å². The maximum atomic E-state index is 6.47. The van der Waals surface area contributed by atoms with Crippen LogP contribution in [0.15, 0.2) is 53.6 Å². The van der Waals surface area contributed by atoms with Crippen molar-refractivity contribution < 1.29 is 0 Å². The van der Waals surface area contributed by atoms with Crippen LogP contribution in [0.4, 0.5) is 0 Å². The van der Waals surface area contributed by atoms with Crippen molar-refractivity contribution in [3.63, 3.8) is 0 Å². The molecule has 2 aromatic carbocycles. The molecule has 2 N–H and O–H groups in total. The van der Waals surface area contributed by atoms with Crippen LogP contribution in [-0.2, 0) is 0 Å². The van der Waals surface area contributed by atoms with Crippen LogP contribution >= 0.6 is 11.6 Å². The first-order valence-corrected chi connectivity index (χ1v) is 8.89. The molecule has 3 heterocycles. The molecule has 0 radical (unpaired) electrons. The van der Waals surface area contributed by atoms with Crippen molar-refractivity contribution in [2.24, 2.45) is 5.10 Å². The van der Waals surface area contributed by atoms with Crippen molar-refractivity contribution in [3.8, 4) is 0 Å². The third-order valence-corrected chi connectivity index (χ3v) is 5.05. The number of hydrazone groups is 1. The summed E-state index contributed by atoms with van der Waals surface area (Å²) in [7, 11) is 0. The van der Waals surface area contributed by atoms with E-state index in [1.54, 1.807) is 0 Å². The van der Waals surface area contributed by atoms with Crippen molar-refractivity contribution in [3.05, 3.63) is 70.6 Å². The van der Waals surface area contributed by atoms with E-state index in [4.69, 9.17) is 11.6 Å². The van der Waals surface area contributed by atoms with Crippen LogP contribution in [0.1, 0.15) is 29.4 Å². The van der Waals surface area contributed by atoms with Gasteiger partial charge in [0.25, 0.3) is 0 Å². The van der Waals surface area contributed by atoms with E-state index in [2.05, 4.69) is 50.6 Å². The number of H-pyrrole nitrogens is 1. The summed E-state index contributed by atoms with van der Waals surface area (Å²) in [5.74, 6) is 0.793. The Labute approximate surface area is 155 Å². The van der Waals surface area contributed by atoms with Crippen LogP contribution in [0.3, 0.4) is 0 Å². The lowest BCUT2D eigenvalue weighted by Gasteiger charge is -2.13. The van der Waals surface area contributed by atoms with Gasteiger partial charge < -0.3 is 10.4 Å². The lowest BCUT2D eigenvalue weighted by Crippen LogP contribution is -2.11. The molecular formula is C20H16ClN5. The molecule has 0 spiro atoms. The molecule has 1 aliphatic rings. The summed E-state index contributed by atoms with van der Waals surface area (Å²) in [6.07, 6.45) is 0.707. The highest BCUT2D eigenvalue weighted by molar-refractivity contribution is 6.30. The van der Waals surface area contributed by atoms with Gasteiger partial charge in [-0.25, -0.2) is 9.97 Å². The first-order chi connectivity index (χ1) is 12.7. The van der Waals surface area contributed by atoms with Gasteiger partial charge in [-0.3, -0.25) is 0 Å². The molecule has 5 rings (SSSR count). The van der Waals surface area contributed by atoms with Gasteiger partial charge in [-0.1, -0.05) is 35.9 Å². The molecule has 0 fully saturated rings. The Bertz CT molecular complexity index is 1140. The number of halogens is 1. The SMILES string of the molecule is Cc1ccc2cc(C3CC(c4nc5ccccc5[nH]4)=NN3)c(Cl)nc2c1. The molecule has 1 unspecified atom stereocenters. The second-order valence-corrected chi connectivity index (χ2v) is 6.97. The van der Waals surface area contributed by atoms with Gasteiger partial charge in [0.1, 0.15) is 10.9 Å².